The number of hydrogen-bond donors (Lipinski definition) is 1. The molecule has 1 amide bonds. The first-order valence-corrected chi connectivity index (χ1v) is 11.5. The van der Waals surface area contributed by atoms with Crippen molar-refractivity contribution in [1.82, 2.24) is 0 Å². The summed E-state index contributed by atoms with van der Waals surface area (Å²) in [4.78, 5) is 28.1. The zero-order valence-electron chi connectivity index (χ0n) is 19.5. The molecule has 2 aliphatic heterocycles. The lowest BCUT2D eigenvalue weighted by atomic mass is 9.92. The van der Waals surface area contributed by atoms with Crippen LogP contribution < -0.4 is 19.1 Å². The van der Waals surface area contributed by atoms with E-state index in [0.29, 0.717) is 48.3 Å². The zero-order valence-corrected chi connectivity index (χ0v) is 19.5. The largest absolute Gasteiger partial charge is 0.507 e. The topological polar surface area (TPSA) is 85.3 Å². The summed E-state index contributed by atoms with van der Waals surface area (Å²) in [5.74, 6) is -0.00817. The van der Waals surface area contributed by atoms with Crippen molar-refractivity contribution in [1.29, 1.82) is 0 Å². The van der Waals surface area contributed by atoms with Gasteiger partial charge in [-0.2, -0.15) is 0 Å². The van der Waals surface area contributed by atoms with Crippen LogP contribution in [0.25, 0.3) is 5.76 Å². The molecular formula is C28H25NO6. The van der Waals surface area contributed by atoms with Gasteiger partial charge in [-0.1, -0.05) is 24.3 Å². The standard InChI is InChI=1S/C28H25NO6/c1-3-33-20-11-9-19(10-12-20)29-25(21-7-5-4-6-17(21)2)24(27(31)28(29)32)26(30)18-8-13-22-23(16-18)35-15-14-34-22/h4-13,16,25,30H,3,14-15H2,1-2H3/b26-24+. The predicted molar refractivity (Wildman–Crippen MR) is 131 cm³/mol. The number of aliphatic hydroxyl groups excluding tert-OH is 1. The van der Waals surface area contributed by atoms with Crippen molar-refractivity contribution in [2.45, 2.75) is 19.9 Å². The number of benzene rings is 3. The third kappa shape index (κ3) is 3.99. The molecule has 35 heavy (non-hydrogen) atoms. The first kappa shape index (κ1) is 22.5. The summed E-state index contributed by atoms with van der Waals surface area (Å²) in [5.41, 5.74) is 2.57. The minimum Gasteiger partial charge on any atom is -0.507 e. The van der Waals surface area contributed by atoms with Crippen LogP contribution in [0.4, 0.5) is 5.69 Å². The summed E-state index contributed by atoms with van der Waals surface area (Å²) in [7, 11) is 0. The predicted octanol–water partition coefficient (Wildman–Crippen LogP) is 4.79. The molecule has 1 fully saturated rings. The Labute approximate surface area is 203 Å². The Hall–Kier alpha value is -4.26. The lowest BCUT2D eigenvalue weighted by Crippen LogP contribution is -2.29. The average molecular weight is 472 g/mol. The van der Waals surface area contributed by atoms with Crippen LogP contribution in [0.15, 0.2) is 72.3 Å². The minimum atomic E-state index is -0.803. The zero-order chi connectivity index (χ0) is 24.5. The third-order valence-electron chi connectivity index (χ3n) is 6.17. The van der Waals surface area contributed by atoms with Gasteiger partial charge in [0.2, 0.25) is 0 Å². The summed E-state index contributed by atoms with van der Waals surface area (Å²) in [5, 5.41) is 11.4. The van der Waals surface area contributed by atoms with Crippen molar-refractivity contribution in [3.63, 3.8) is 0 Å². The van der Waals surface area contributed by atoms with E-state index in [4.69, 9.17) is 14.2 Å². The number of aryl methyl sites for hydroxylation is 1. The van der Waals surface area contributed by atoms with Crippen molar-refractivity contribution >= 4 is 23.1 Å². The van der Waals surface area contributed by atoms with Gasteiger partial charge in [0.05, 0.1) is 18.2 Å². The van der Waals surface area contributed by atoms with Gasteiger partial charge >= 0.3 is 0 Å². The van der Waals surface area contributed by atoms with E-state index in [1.807, 2.05) is 38.1 Å². The van der Waals surface area contributed by atoms with Crippen LogP contribution in [0.2, 0.25) is 0 Å². The highest BCUT2D eigenvalue weighted by atomic mass is 16.6. The van der Waals surface area contributed by atoms with E-state index >= 15 is 0 Å². The van der Waals surface area contributed by atoms with E-state index in [9.17, 15) is 14.7 Å². The number of carbonyl (C=O) groups is 2. The molecule has 1 saturated heterocycles. The fourth-order valence-corrected chi connectivity index (χ4v) is 4.50. The van der Waals surface area contributed by atoms with Gasteiger partial charge in [-0.15, -0.1) is 0 Å². The van der Waals surface area contributed by atoms with Crippen LogP contribution in [0, 0.1) is 6.92 Å². The number of nitrogens with zero attached hydrogens (tertiary/aromatic N) is 1. The van der Waals surface area contributed by atoms with Gasteiger partial charge in [0.1, 0.15) is 24.7 Å². The smallest absolute Gasteiger partial charge is 0.300 e. The van der Waals surface area contributed by atoms with E-state index in [1.54, 1.807) is 42.5 Å². The number of anilines is 1. The van der Waals surface area contributed by atoms with Crippen LogP contribution in [-0.4, -0.2) is 36.6 Å². The molecule has 0 aliphatic carbocycles. The highest BCUT2D eigenvalue weighted by molar-refractivity contribution is 6.51. The summed E-state index contributed by atoms with van der Waals surface area (Å²) < 4.78 is 16.7. The summed E-state index contributed by atoms with van der Waals surface area (Å²) in [6, 6.07) is 18.7. The number of aliphatic hydroxyl groups is 1. The molecule has 3 aromatic rings. The molecule has 7 heteroatoms. The molecule has 2 heterocycles. The van der Waals surface area contributed by atoms with Crippen molar-refractivity contribution in [3.8, 4) is 17.2 Å². The number of ether oxygens (including phenoxy) is 3. The molecule has 178 valence electrons. The number of hydrogen-bond acceptors (Lipinski definition) is 6. The van der Waals surface area contributed by atoms with Gasteiger partial charge in [0.25, 0.3) is 11.7 Å². The molecule has 7 nitrogen and oxygen atoms in total. The number of Topliss-reactive ketones (excluding diaryl/α,β-unsaturated/α-hetero) is 1. The van der Waals surface area contributed by atoms with Crippen molar-refractivity contribution in [2.75, 3.05) is 24.7 Å². The molecule has 0 aromatic heterocycles. The third-order valence-corrected chi connectivity index (χ3v) is 6.17. The lowest BCUT2D eigenvalue weighted by Gasteiger charge is -2.27. The molecule has 1 N–H and O–H groups in total. The SMILES string of the molecule is CCOc1ccc(N2C(=O)C(=O)/C(=C(/O)c3ccc4c(c3)OCCO4)C2c2ccccc2C)cc1. The first-order chi connectivity index (χ1) is 17.0. The van der Waals surface area contributed by atoms with Crippen LogP contribution in [0.1, 0.15) is 29.7 Å². The molecule has 1 atom stereocenters. The quantitative estimate of drug-likeness (QED) is 0.327. The molecular weight excluding hydrogens is 446 g/mol. The monoisotopic (exact) mass is 471 g/mol. The van der Waals surface area contributed by atoms with Crippen molar-refractivity contribution < 1.29 is 28.9 Å². The van der Waals surface area contributed by atoms with E-state index < -0.39 is 17.7 Å². The fourth-order valence-electron chi connectivity index (χ4n) is 4.50. The first-order valence-electron chi connectivity index (χ1n) is 11.5. The van der Waals surface area contributed by atoms with Gasteiger partial charge in [0.15, 0.2) is 11.5 Å². The van der Waals surface area contributed by atoms with Crippen LogP contribution in [0.3, 0.4) is 0 Å². The van der Waals surface area contributed by atoms with Gasteiger partial charge < -0.3 is 19.3 Å². The van der Waals surface area contributed by atoms with Crippen molar-refractivity contribution in [3.05, 3.63) is 89.0 Å². The number of ketones is 1. The Morgan fingerprint density at radius 2 is 1.71 bits per heavy atom. The number of amides is 1. The van der Waals surface area contributed by atoms with Gasteiger partial charge in [-0.3, -0.25) is 14.5 Å². The summed E-state index contributed by atoms with van der Waals surface area (Å²) in [6.45, 7) is 5.16. The Morgan fingerprint density at radius 3 is 2.43 bits per heavy atom. The maximum Gasteiger partial charge on any atom is 0.300 e. The van der Waals surface area contributed by atoms with Crippen LogP contribution in [-0.2, 0) is 9.59 Å². The molecule has 3 aromatic carbocycles. The van der Waals surface area contributed by atoms with Gasteiger partial charge in [0, 0.05) is 11.3 Å². The Balaban J connectivity index is 1.67. The lowest BCUT2D eigenvalue weighted by molar-refractivity contribution is -0.132. The highest BCUT2D eigenvalue weighted by Crippen LogP contribution is 2.44. The second-order valence-electron chi connectivity index (χ2n) is 8.31. The van der Waals surface area contributed by atoms with Crippen LogP contribution >= 0.6 is 0 Å². The molecule has 5 rings (SSSR count). The van der Waals surface area contributed by atoms with Gasteiger partial charge in [-0.25, -0.2) is 0 Å². The number of carbonyl (C=O) groups excluding carboxylic acids is 2. The van der Waals surface area contributed by atoms with E-state index in [2.05, 4.69) is 0 Å². The van der Waals surface area contributed by atoms with E-state index in [-0.39, 0.29) is 11.3 Å². The average Bonchev–Trinajstić information content (AvgIpc) is 3.14. The molecule has 0 spiro atoms. The Kier molecular flexibility index (Phi) is 5.91. The number of rotatable bonds is 5. The van der Waals surface area contributed by atoms with Crippen molar-refractivity contribution in [2.24, 2.45) is 0 Å². The molecule has 2 aliphatic rings. The molecule has 0 saturated carbocycles. The summed E-state index contributed by atoms with van der Waals surface area (Å²) in [6.07, 6.45) is 0. The van der Waals surface area contributed by atoms with E-state index in [1.165, 1.54) is 4.90 Å². The Bertz CT molecular complexity index is 1330. The molecule has 1 unspecified atom stereocenters. The van der Waals surface area contributed by atoms with Crippen LogP contribution in [0.5, 0.6) is 17.2 Å². The normalized spacial score (nSPS) is 18.6. The molecule has 0 bridgehead atoms. The maximum atomic E-state index is 13.4. The maximum absolute atomic E-state index is 13.4. The second-order valence-corrected chi connectivity index (χ2v) is 8.31. The number of fused-ring (bicyclic) bond motifs is 1. The Morgan fingerprint density at radius 1 is 1.00 bits per heavy atom. The molecule has 0 radical (unpaired) electrons. The van der Waals surface area contributed by atoms with E-state index in [0.717, 1.165) is 11.1 Å². The minimum absolute atomic E-state index is 0.0230. The summed E-state index contributed by atoms with van der Waals surface area (Å²) >= 11 is 0. The highest BCUT2D eigenvalue weighted by Gasteiger charge is 2.47. The fraction of sp³-hybridized carbons (Fsp3) is 0.214. The van der Waals surface area contributed by atoms with Gasteiger partial charge in [-0.05, 0) is 67.4 Å². The second kappa shape index (κ2) is 9.18.